The number of β-amino-alcohol motifs (C(OH)–C–C–N with tert-alkyl or cyclic N) is 1. The normalized spacial score (nSPS) is 25.6. The number of ether oxygens (including phenoxy) is 1. The van der Waals surface area contributed by atoms with Crippen LogP contribution in [0.25, 0.3) is 0 Å². The Bertz CT molecular complexity index is 1090. The maximum absolute atomic E-state index is 12.2. The molecule has 0 unspecified atom stereocenters. The Labute approximate surface area is 200 Å². The van der Waals surface area contributed by atoms with Crippen LogP contribution in [0, 0.1) is 0 Å². The first-order valence-corrected chi connectivity index (χ1v) is 11.7. The van der Waals surface area contributed by atoms with Crippen molar-refractivity contribution in [2.45, 2.75) is 43.9 Å². The number of nitrogens with zero attached hydrogens (tertiary/aromatic N) is 2. The molecule has 2 aliphatic heterocycles. The van der Waals surface area contributed by atoms with Crippen molar-refractivity contribution in [2.75, 3.05) is 18.0 Å². The number of hydrogen-bond donors (Lipinski definition) is 1. The number of benzene rings is 2. The first kappa shape index (κ1) is 22.0. The number of imide groups is 1. The summed E-state index contributed by atoms with van der Waals surface area (Å²) in [7, 11) is 0. The zero-order chi connectivity index (χ0) is 22.6. The summed E-state index contributed by atoms with van der Waals surface area (Å²) < 4.78 is 6.45. The van der Waals surface area contributed by atoms with Crippen molar-refractivity contribution in [1.29, 1.82) is 0 Å². The molecule has 0 aromatic heterocycles. The highest BCUT2D eigenvalue weighted by Crippen LogP contribution is 2.45. The van der Waals surface area contributed by atoms with Crippen LogP contribution in [0.15, 0.2) is 30.3 Å². The molecule has 2 heterocycles. The van der Waals surface area contributed by atoms with Crippen molar-refractivity contribution in [3.05, 3.63) is 56.5 Å². The third-order valence-corrected chi connectivity index (χ3v) is 7.27. The number of aliphatic hydroxyl groups is 1. The summed E-state index contributed by atoms with van der Waals surface area (Å²) in [5, 5.41) is 11.5. The summed E-state index contributed by atoms with van der Waals surface area (Å²) in [6.45, 7) is 1.30. The number of fused-ring (bicyclic) bond motifs is 1. The smallest absolute Gasteiger partial charge is 0.234 e. The molecule has 2 saturated heterocycles. The molecule has 0 bridgehead atoms. The number of rotatable bonds is 4. The molecule has 2 fully saturated rings. The van der Waals surface area contributed by atoms with E-state index in [0.29, 0.717) is 45.9 Å². The standard InChI is InChI=1S/C23H21Cl3N2O4/c24-12-7-16-15(18(26)8-12)10-19(27-6-5-14(29)11-27)23(16)32-20-9-13(1-2-17(20)25)28-21(30)3-4-22(28)31/h1-2,7-9,14,19,23,29H,3-6,10-11H2/t14-,19+,23+/m1/s1. The molecule has 1 N–H and O–H groups in total. The van der Waals surface area contributed by atoms with E-state index in [9.17, 15) is 14.7 Å². The molecule has 2 aromatic carbocycles. The fraction of sp³-hybridized carbons (Fsp3) is 0.391. The zero-order valence-corrected chi connectivity index (χ0v) is 19.3. The fourth-order valence-electron chi connectivity index (χ4n) is 4.87. The van der Waals surface area contributed by atoms with Gasteiger partial charge < -0.3 is 9.84 Å². The quantitative estimate of drug-likeness (QED) is 0.636. The molecule has 32 heavy (non-hydrogen) atoms. The van der Waals surface area contributed by atoms with Gasteiger partial charge in [0.05, 0.1) is 22.9 Å². The molecule has 0 saturated carbocycles. The van der Waals surface area contributed by atoms with Gasteiger partial charge in [0.25, 0.3) is 0 Å². The number of aliphatic hydroxyl groups excluding tert-OH is 1. The molecule has 9 heteroatoms. The number of carbonyl (C=O) groups is 2. The van der Waals surface area contributed by atoms with Gasteiger partial charge in [0.15, 0.2) is 0 Å². The number of carbonyl (C=O) groups excluding carboxylic acids is 2. The van der Waals surface area contributed by atoms with E-state index in [1.165, 1.54) is 4.90 Å². The van der Waals surface area contributed by atoms with Crippen LogP contribution in [0.5, 0.6) is 5.75 Å². The van der Waals surface area contributed by atoms with E-state index in [1.54, 1.807) is 24.3 Å². The molecule has 3 aliphatic rings. The number of halogens is 3. The van der Waals surface area contributed by atoms with Crippen molar-refractivity contribution in [1.82, 2.24) is 4.90 Å². The molecule has 0 spiro atoms. The summed E-state index contributed by atoms with van der Waals surface area (Å²) in [6, 6.07) is 8.40. The third kappa shape index (κ3) is 3.88. The van der Waals surface area contributed by atoms with Crippen molar-refractivity contribution in [3.63, 3.8) is 0 Å². The second-order valence-corrected chi connectivity index (χ2v) is 9.69. The maximum atomic E-state index is 12.2. The van der Waals surface area contributed by atoms with Crippen molar-refractivity contribution in [3.8, 4) is 5.75 Å². The van der Waals surface area contributed by atoms with Crippen LogP contribution in [0.3, 0.4) is 0 Å². The Kier molecular flexibility index (Phi) is 5.84. The predicted molar refractivity (Wildman–Crippen MR) is 123 cm³/mol. The van der Waals surface area contributed by atoms with Gasteiger partial charge in [-0.1, -0.05) is 34.8 Å². The van der Waals surface area contributed by atoms with Gasteiger partial charge in [0, 0.05) is 47.6 Å². The monoisotopic (exact) mass is 494 g/mol. The molecule has 0 radical (unpaired) electrons. The number of hydrogen-bond acceptors (Lipinski definition) is 5. The lowest BCUT2D eigenvalue weighted by atomic mass is 10.1. The van der Waals surface area contributed by atoms with Gasteiger partial charge in [-0.15, -0.1) is 0 Å². The minimum absolute atomic E-state index is 0.0621. The molecule has 2 amide bonds. The average Bonchev–Trinajstić information content (AvgIpc) is 3.42. The van der Waals surface area contributed by atoms with Gasteiger partial charge in [0.2, 0.25) is 11.8 Å². The lowest BCUT2D eigenvalue weighted by Gasteiger charge is -2.30. The molecule has 168 valence electrons. The molecule has 5 rings (SSSR count). The Morgan fingerprint density at radius 2 is 1.75 bits per heavy atom. The third-order valence-electron chi connectivity index (χ3n) is 6.41. The Morgan fingerprint density at radius 3 is 2.44 bits per heavy atom. The highest BCUT2D eigenvalue weighted by Gasteiger charge is 2.42. The highest BCUT2D eigenvalue weighted by atomic mass is 35.5. The number of anilines is 1. The first-order valence-electron chi connectivity index (χ1n) is 10.5. The SMILES string of the molecule is O=C1CCC(=O)N1c1ccc(Cl)c(O[C@H]2c3cc(Cl)cc(Cl)c3C[C@@H]2N2CC[C@@H](O)C2)c1. The minimum atomic E-state index is -0.427. The molecule has 1 aliphatic carbocycles. The average molecular weight is 496 g/mol. The lowest BCUT2D eigenvalue weighted by Crippen LogP contribution is -2.39. The van der Waals surface area contributed by atoms with Gasteiger partial charge in [-0.3, -0.25) is 19.4 Å². The van der Waals surface area contributed by atoms with Gasteiger partial charge >= 0.3 is 0 Å². The van der Waals surface area contributed by atoms with E-state index in [-0.39, 0.29) is 36.8 Å². The molecule has 6 nitrogen and oxygen atoms in total. The topological polar surface area (TPSA) is 70.1 Å². The van der Waals surface area contributed by atoms with E-state index in [0.717, 1.165) is 17.7 Å². The van der Waals surface area contributed by atoms with Crippen LogP contribution in [0.1, 0.15) is 36.5 Å². The largest absolute Gasteiger partial charge is 0.482 e. The van der Waals surface area contributed by atoms with E-state index in [4.69, 9.17) is 39.5 Å². The number of likely N-dealkylation sites (tertiary alicyclic amines) is 1. The van der Waals surface area contributed by atoms with Crippen LogP contribution in [0.2, 0.25) is 15.1 Å². The van der Waals surface area contributed by atoms with E-state index in [1.807, 2.05) is 6.07 Å². The van der Waals surface area contributed by atoms with Gasteiger partial charge in [-0.25, -0.2) is 0 Å². The second kappa shape index (κ2) is 8.50. The molecule has 2 aromatic rings. The van der Waals surface area contributed by atoms with Crippen LogP contribution in [-0.2, 0) is 16.0 Å². The van der Waals surface area contributed by atoms with Gasteiger partial charge in [-0.2, -0.15) is 0 Å². The van der Waals surface area contributed by atoms with Crippen LogP contribution < -0.4 is 9.64 Å². The first-order chi connectivity index (χ1) is 15.3. The highest BCUT2D eigenvalue weighted by molar-refractivity contribution is 6.35. The van der Waals surface area contributed by atoms with Crippen molar-refractivity contribution in [2.24, 2.45) is 0 Å². The maximum Gasteiger partial charge on any atom is 0.234 e. The van der Waals surface area contributed by atoms with Crippen molar-refractivity contribution < 1.29 is 19.4 Å². The Balaban J connectivity index is 1.52. The van der Waals surface area contributed by atoms with Gasteiger partial charge in [0.1, 0.15) is 11.9 Å². The van der Waals surface area contributed by atoms with Crippen LogP contribution in [0.4, 0.5) is 5.69 Å². The lowest BCUT2D eigenvalue weighted by molar-refractivity contribution is -0.121. The second-order valence-electron chi connectivity index (χ2n) is 8.44. The van der Waals surface area contributed by atoms with Crippen LogP contribution >= 0.6 is 34.8 Å². The van der Waals surface area contributed by atoms with E-state index >= 15 is 0 Å². The Hall–Kier alpha value is -1.83. The van der Waals surface area contributed by atoms with E-state index < -0.39 is 6.10 Å². The number of amides is 2. The molecule has 3 atom stereocenters. The molecular weight excluding hydrogens is 475 g/mol. The fourth-order valence-corrected chi connectivity index (χ4v) is 5.62. The molecular formula is C23H21Cl3N2O4. The van der Waals surface area contributed by atoms with Gasteiger partial charge in [-0.05, 0) is 42.7 Å². The summed E-state index contributed by atoms with van der Waals surface area (Å²) in [5.41, 5.74) is 2.28. The summed E-state index contributed by atoms with van der Waals surface area (Å²) in [4.78, 5) is 27.8. The summed E-state index contributed by atoms with van der Waals surface area (Å²) >= 11 is 19.3. The van der Waals surface area contributed by atoms with Crippen molar-refractivity contribution >= 4 is 52.3 Å². The van der Waals surface area contributed by atoms with E-state index in [2.05, 4.69) is 4.90 Å². The minimum Gasteiger partial charge on any atom is -0.482 e. The predicted octanol–water partition coefficient (Wildman–Crippen LogP) is 4.41. The summed E-state index contributed by atoms with van der Waals surface area (Å²) in [6.07, 6.45) is 0.947. The Morgan fingerprint density at radius 1 is 1.00 bits per heavy atom. The van der Waals surface area contributed by atoms with Crippen LogP contribution in [-0.4, -0.2) is 47.1 Å². The zero-order valence-electron chi connectivity index (χ0n) is 17.1. The summed E-state index contributed by atoms with van der Waals surface area (Å²) in [5.74, 6) is -0.107.